The van der Waals surface area contributed by atoms with Crippen LogP contribution in [0.4, 0.5) is 11.4 Å². The molecule has 2 aromatic heterocycles. The van der Waals surface area contributed by atoms with Crippen molar-refractivity contribution in [2.45, 2.75) is 6.54 Å². The third-order valence-corrected chi connectivity index (χ3v) is 3.84. The van der Waals surface area contributed by atoms with Crippen molar-refractivity contribution in [2.24, 2.45) is 0 Å². The highest BCUT2D eigenvalue weighted by Gasteiger charge is 2.10. The molecule has 2 N–H and O–H groups in total. The van der Waals surface area contributed by atoms with Gasteiger partial charge in [0.15, 0.2) is 0 Å². The third-order valence-electron chi connectivity index (χ3n) is 3.41. The van der Waals surface area contributed by atoms with Crippen molar-refractivity contribution in [1.82, 2.24) is 9.97 Å². The molecule has 1 aromatic carbocycles. The molecule has 0 aliphatic heterocycles. The third kappa shape index (κ3) is 2.83. The number of aromatic nitrogens is 2. The lowest BCUT2D eigenvalue weighted by atomic mass is 10.1. The lowest BCUT2D eigenvalue weighted by molar-refractivity contribution is 0.922. The van der Waals surface area contributed by atoms with Gasteiger partial charge in [0, 0.05) is 47.7 Å². The Bertz CT molecular complexity index is 774. The van der Waals surface area contributed by atoms with Gasteiger partial charge in [-0.1, -0.05) is 0 Å². The largest absolute Gasteiger partial charge is 0.398 e. The van der Waals surface area contributed by atoms with Gasteiger partial charge < -0.3 is 10.6 Å². The molecule has 21 heavy (non-hydrogen) atoms. The number of nitrogen functional groups attached to an aromatic ring is 1. The first kappa shape index (κ1) is 13.8. The summed E-state index contributed by atoms with van der Waals surface area (Å²) in [5.41, 5.74) is 9.97. The van der Waals surface area contributed by atoms with Gasteiger partial charge >= 0.3 is 0 Å². The summed E-state index contributed by atoms with van der Waals surface area (Å²) in [5, 5.41) is 0.962. The number of fused-ring (bicyclic) bond motifs is 1. The minimum Gasteiger partial charge on any atom is -0.398 e. The first-order valence-corrected chi connectivity index (χ1v) is 7.38. The van der Waals surface area contributed by atoms with Crippen LogP contribution in [0.2, 0.25) is 0 Å². The van der Waals surface area contributed by atoms with Crippen molar-refractivity contribution in [2.75, 3.05) is 17.7 Å². The first-order chi connectivity index (χ1) is 10.1. The van der Waals surface area contributed by atoms with E-state index in [9.17, 15) is 0 Å². The van der Waals surface area contributed by atoms with E-state index in [-0.39, 0.29) is 0 Å². The second kappa shape index (κ2) is 5.69. The van der Waals surface area contributed by atoms with E-state index in [1.807, 2.05) is 30.3 Å². The highest BCUT2D eigenvalue weighted by atomic mass is 79.9. The Hall–Kier alpha value is -2.14. The fourth-order valence-corrected chi connectivity index (χ4v) is 2.69. The fourth-order valence-electron chi connectivity index (χ4n) is 2.36. The summed E-state index contributed by atoms with van der Waals surface area (Å²) in [6.45, 7) is 0.791. The van der Waals surface area contributed by atoms with Crippen LogP contribution in [0.5, 0.6) is 0 Å². The van der Waals surface area contributed by atoms with Gasteiger partial charge in [-0.2, -0.15) is 0 Å². The van der Waals surface area contributed by atoms with Crippen LogP contribution in [0.3, 0.4) is 0 Å². The normalized spacial score (nSPS) is 10.8. The molecular weight excluding hydrogens is 328 g/mol. The molecule has 0 unspecified atom stereocenters. The first-order valence-electron chi connectivity index (χ1n) is 6.59. The number of nitrogens with zero attached hydrogens (tertiary/aromatic N) is 3. The number of benzene rings is 1. The van der Waals surface area contributed by atoms with Gasteiger partial charge in [0.1, 0.15) is 0 Å². The van der Waals surface area contributed by atoms with Crippen molar-refractivity contribution in [3.8, 4) is 0 Å². The molecule has 0 radical (unpaired) electrons. The van der Waals surface area contributed by atoms with E-state index in [1.54, 1.807) is 18.6 Å². The van der Waals surface area contributed by atoms with E-state index < -0.39 is 0 Å². The Morgan fingerprint density at radius 2 is 1.95 bits per heavy atom. The minimum atomic E-state index is 0.736. The molecule has 3 rings (SSSR count). The Kier molecular flexibility index (Phi) is 3.75. The van der Waals surface area contributed by atoms with Crippen LogP contribution < -0.4 is 10.6 Å². The topological polar surface area (TPSA) is 55.0 Å². The molecule has 2 heterocycles. The summed E-state index contributed by atoms with van der Waals surface area (Å²) in [5.74, 6) is 0. The van der Waals surface area contributed by atoms with Gasteiger partial charge in [0.25, 0.3) is 0 Å². The average Bonchev–Trinajstić information content (AvgIpc) is 2.49. The molecule has 106 valence electrons. The SMILES string of the molecule is CN(Cc1ccncc1)c1ccc(N)c2cc(Br)cnc12. The lowest BCUT2D eigenvalue weighted by Crippen LogP contribution is -2.17. The predicted molar refractivity (Wildman–Crippen MR) is 90.2 cm³/mol. The molecule has 5 heteroatoms. The van der Waals surface area contributed by atoms with E-state index in [4.69, 9.17) is 5.73 Å². The maximum atomic E-state index is 6.06. The number of pyridine rings is 2. The molecular formula is C16H15BrN4. The molecule has 0 bridgehead atoms. The second-order valence-corrected chi connectivity index (χ2v) is 5.85. The molecule has 3 aromatic rings. The number of hydrogen-bond donors (Lipinski definition) is 1. The lowest BCUT2D eigenvalue weighted by Gasteiger charge is -2.21. The van der Waals surface area contributed by atoms with E-state index in [1.165, 1.54) is 5.56 Å². The summed E-state index contributed by atoms with van der Waals surface area (Å²) in [4.78, 5) is 10.7. The molecule has 0 aliphatic rings. The van der Waals surface area contributed by atoms with Crippen molar-refractivity contribution in [3.63, 3.8) is 0 Å². The summed E-state index contributed by atoms with van der Waals surface area (Å²) < 4.78 is 0.927. The maximum absolute atomic E-state index is 6.06. The van der Waals surface area contributed by atoms with Crippen LogP contribution >= 0.6 is 15.9 Å². The summed E-state index contributed by atoms with van der Waals surface area (Å²) >= 11 is 3.44. The number of anilines is 2. The van der Waals surface area contributed by atoms with E-state index in [0.29, 0.717) is 0 Å². The average molecular weight is 343 g/mol. The second-order valence-electron chi connectivity index (χ2n) is 4.94. The van der Waals surface area contributed by atoms with Gasteiger partial charge in [-0.3, -0.25) is 9.97 Å². The number of rotatable bonds is 3. The molecule has 0 saturated heterocycles. The molecule has 0 saturated carbocycles. The molecule has 0 atom stereocenters. The zero-order valence-electron chi connectivity index (χ0n) is 11.6. The smallest absolute Gasteiger partial charge is 0.0956 e. The number of hydrogen-bond acceptors (Lipinski definition) is 4. The minimum absolute atomic E-state index is 0.736. The maximum Gasteiger partial charge on any atom is 0.0956 e. The standard InChI is InChI=1S/C16H15BrN4/c1-21(10-11-4-6-19-7-5-11)15-3-2-14(18)13-8-12(17)9-20-16(13)15/h2-9H,10,18H2,1H3. The Balaban J connectivity index is 2.02. The molecule has 0 aliphatic carbocycles. The van der Waals surface area contributed by atoms with E-state index >= 15 is 0 Å². The van der Waals surface area contributed by atoms with Crippen LogP contribution in [0, 0.1) is 0 Å². The van der Waals surface area contributed by atoms with Crippen LogP contribution in [0.1, 0.15) is 5.56 Å². The van der Waals surface area contributed by atoms with Crippen LogP contribution in [-0.2, 0) is 6.54 Å². The predicted octanol–water partition coefficient (Wildman–Crippen LogP) is 3.61. The highest BCUT2D eigenvalue weighted by molar-refractivity contribution is 9.10. The quantitative estimate of drug-likeness (QED) is 0.738. The molecule has 0 amide bonds. The number of nitrogens with two attached hydrogens (primary N) is 1. The van der Waals surface area contributed by atoms with Gasteiger partial charge in [0.2, 0.25) is 0 Å². The van der Waals surface area contributed by atoms with Crippen LogP contribution in [0.15, 0.2) is 53.4 Å². The summed E-state index contributed by atoms with van der Waals surface area (Å²) in [6.07, 6.45) is 5.41. The van der Waals surface area contributed by atoms with Crippen LogP contribution in [0.25, 0.3) is 10.9 Å². The summed E-state index contributed by atoms with van der Waals surface area (Å²) in [7, 11) is 2.05. The van der Waals surface area contributed by atoms with Gasteiger partial charge in [-0.15, -0.1) is 0 Å². The van der Waals surface area contributed by atoms with Gasteiger partial charge in [0.05, 0.1) is 11.2 Å². The van der Waals surface area contributed by atoms with Crippen molar-refractivity contribution in [1.29, 1.82) is 0 Å². The molecule has 4 nitrogen and oxygen atoms in total. The van der Waals surface area contributed by atoms with Crippen molar-refractivity contribution in [3.05, 3.63) is 59.0 Å². The zero-order valence-corrected chi connectivity index (χ0v) is 13.2. The Morgan fingerprint density at radius 3 is 2.71 bits per heavy atom. The highest BCUT2D eigenvalue weighted by Crippen LogP contribution is 2.31. The van der Waals surface area contributed by atoms with Gasteiger partial charge in [-0.25, -0.2) is 0 Å². The van der Waals surface area contributed by atoms with E-state index in [2.05, 4.69) is 37.8 Å². The van der Waals surface area contributed by atoms with Crippen molar-refractivity contribution < 1.29 is 0 Å². The van der Waals surface area contributed by atoms with Crippen LogP contribution in [-0.4, -0.2) is 17.0 Å². The fraction of sp³-hybridized carbons (Fsp3) is 0.125. The van der Waals surface area contributed by atoms with Crippen molar-refractivity contribution >= 4 is 38.2 Å². The molecule has 0 fully saturated rings. The van der Waals surface area contributed by atoms with E-state index in [0.717, 1.165) is 33.3 Å². The van der Waals surface area contributed by atoms with Gasteiger partial charge in [-0.05, 0) is 51.8 Å². The summed E-state index contributed by atoms with van der Waals surface area (Å²) in [6, 6.07) is 9.97. The molecule has 0 spiro atoms. The monoisotopic (exact) mass is 342 g/mol. The number of halogens is 1. The zero-order chi connectivity index (χ0) is 14.8. The Morgan fingerprint density at radius 1 is 1.19 bits per heavy atom. The Labute approximate surface area is 131 Å².